The van der Waals surface area contributed by atoms with Gasteiger partial charge in [-0.15, -0.1) is 4.91 Å². The van der Waals surface area contributed by atoms with Gasteiger partial charge in [-0.3, -0.25) is 4.79 Å². The zero-order chi connectivity index (χ0) is 13.0. The number of aromatic hydroxyl groups is 1. The van der Waals surface area contributed by atoms with Crippen molar-refractivity contribution in [1.29, 1.82) is 0 Å². The third kappa shape index (κ3) is 3.25. The van der Waals surface area contributed by atoms with Gasteiger partial charge < -0.3 is 15.9 Å². The zero-order valence-electron chi connectivity index (χ0n) is 9.33. The molecular formula is C11H14N2O4. The summed E-state index contributed by atoms with van der Waals surface area (Å²) < 4.78 is 0. The molecule has 0 bridgehead atoms. The predicted molar refractivity (Wildman–Crippen MR) is 62.0 cm³/mol. The molecule has 6 nitrogen and oxygen atoms in total. The van der Waals surface area contributed by atoms with Crippen LogP contribution in [-0.4, -0.2) is 22.2 Å². The highest BCUT2D eigenvalue weighted by Gasteiger charge is 2.20. The van der Waals surface area contributed by atoms with Crippen LogP contribution in [-0.2, 0) is 11.2 Å². The van der Waals surface area contributed by atoms with Crippen LogP contribution < -0.4 is 5.73 Å². The molecule has 4 N–H and O–H groups in total. The number of hydrogen-bond donors (Lipinski definition) is 3. The van der Waals surface area contributed by atoms with Crippen LogP contribution in [0.1, 0.15) is 12.5 Å². The largest absolute Gasteiger partial charge is 0.506 e. The van der Waals surface area contributed by atoms with Crippen LogP contribution in [0.3, 0.4) is 0 Å². The molecule has 1 aromatic carbocycles. The van der Waals surface area contributed by atoms with Crippen LogP contribution in [0.15, 0.2) is 23.4 Å². The average molecular weight is 238 g/mol. The lowest BCUT2D eigenvalue weighted by molar-refractivity contribution is -0.141. The molecule has 0 saturated carbocycles. The Bertz CT molecular complexity index is 433. The molecule has 0 radical (unpaired) electrons. The normalized spacial score (nSPS) is 14.0. The van der Waals surface area contributed by atoms with E-state index in [1.54, 1.807) is 6.07 Å². The lowest BCUT2D eigenvalue weighted by atomic mass is 9.96. The summed E-state index contributed by atoms with van der Waals surface area (Å²) in [5, 5.41) is 20.8. The Labute approximate surface area is 98.0 Å². The Balaban J connectivity index is 2.78. The first kappa shape index (κ1) is 13.1. The van der Waals surface area contributed by atoms with Gasteiger partial charge in [0.15, 0.2) is 0 Å². The molecule has 6 heteroatoms. The minimum atomic E-state index is -0.965. The van der Waals surface area contributed by atoms with Crippen molar-refractivity contribution in [3.63, 3.8) is 0 Å². The number of hydrogen-bond acceptors (Lipinski definition) is 5. The van der Waals surface area contributed by atoms with Gasteiger partial charge in [0.1, 0.15) is 11.4 Å². The molecule has 1 aromatic rings. The summed E-state index contributed by atoms with van der Waals surface area (Å²) >= 11 is 0. The summed E-state index contributed by atoms with van der Waals surface area (Å²) in [6, 6.07) is 3.77. The highest BCUT2D eigenvalue weighted by molar-refractivity contribution is 5.70. The third-order valence-electron chi connectivity index (χ3n) is 2.64. The van der Waals surface area contributed by atoms with Crippen molar-refractivity contribution in [2.24, 2.45) is 16.8 Å². The molecule has 0 spiro atoms. The van der Waals surface area contributed by atoms with Gasteiger partial charge in [0.05, 0.1) is 5.92 Å². The smallest absolute Gasteiger partial charge is 0.307 e. The molecule has 0 saturated heterocycles. The van der Waals surface area contributed by atoms with E-state index in [0.29, 0.717) is 12.0 Å². The highest BCUT2D eigenvalue weighted by Crippen LogP contribution is 2.27. The van der Waals surface area contributed by atoms with Crippen molar-refractivity contribution in [2.45, 2.75) is 19.4 Å². The first-order valence-corrected chi connectivity index (χ1v) is 5.09. The average Bonchev–Trinajstić information content (AvgIpc) is 2.28. The van der Waals surface area contributed by atoms with Crippen molar-refractivity contribution < 1.29 is 15.0 Å². The van der Waals surface area contributed by atoms with E-state index in [9.17, 15) is 14.8 Å². The summed E-state index contributed by atoms with van der Waals surface area (Å²) in [5.74, 6) is -1.87. The van der Waals surface area contributed by atoms with Crippen molar-refractivity contribution in [1.82, 2.24) is 0 Å². The number of benzene rings is 1. The lowest BCUT2D eigenvalue weighted by Gasteiger charge is -2.16. The number of aliphatic carboxylic acids is 1. The second-order valence-electron chi connectivity index (χ2n) is 3.91. The number of phenols is 1. The van der Waals surface area contributed by atoms with Gasteiger partial charge in [-0.1, -0.05) is 13.0 Å². The van der Waals surface area contributed by atoms with Gasteiger partial charge in [0.25, 0.3) is 0 Å². The highest BCUT2D eigenvalue weighted by atomic mass is 16.4. The fraction of sp³-hybridized carbons (Fsp3) is 0.364. The molecule has 1 unspecified atom stereocenters. The SMILES string of the molecule is CC(C(=O)O)[C@@H](N)Cc1ccc(N=O)c(O)c1. The van der Waals surface area contributed by atoms with Crippen molar-refractivity contribution >= 4 is 11.7 Å². The predicted octanol–water partition coefficient (Wildman–Crippen LogP) is 1.38. The summed E-state index contributed by atoms with van der Waals surface area (Å²) in [5.41, 5.74) is 6.34. The Morgan fingerprint density at radius 1 is 1.53 bits per heavy atom. The molecule has 2 atom stereocenters. The van der Waals surface area contributed by atoms with Gasteiger partial charge in [0.2, 0.25) is 0 Å². The van der Waals surface area contributed by atoms with E-state index in [0.717, 1.165) is 0 Å². The fourth-order valence-electron chi connectivity index (χ4n) is 1.41. The number of nitrogens with zero attached hydrogens (tertiary/aromatic N) is 1. The van der Waals surface area contributed by atoms with Crippen molar-refractivity contribution in [3.05, 3.63) is 28.7 Å². The van der Waals surface area contributed by atoms with Crippen LogP contribution in [0.25, 0.3) is 0 Å². The maximum absolute atomic E-state index is 10.7. The van der Waals surface area contributed by atoms with E-state index in [-0.39, 0.29) is 11.4 Å². The molecule has 92 valence electrons. The van der Waals surface area contributed by atoms with Crippen LogP contribution in [0.4, 0.5) is 5.69 Å². The zero-order valence-corrected chi connectivity index (χ0v) is 9.33. The number of phenolic OH excluding ortho intramolecular Hbond substituents is 1. The van der Waals surface area contributed by atoms with E-state index in [4.69, 9.17) is 10.8 Å². The molecule has 0 aliphatic carbocycles. The Hall–Kier alpha value is -1.95. The van der Waals surface area contributed by atoms with Crippen LogP contribution in [0.5, 0.6) is 5.75 Å². The minimum absolute atomic E-state index is 0.0476. The van der Waals surface area contributed by atoms with Crippen molar-refractivity contribution in [2.75, 3.05) is 0 Å². The van der Waals surface area contributed by atoms with Crippen LogP contribution in [0, 0.1) is 10.8 Å². The Morgan fingerprint density at radius 3 is 2.65 bits per heavy atom. The Kier molecular flexibility index (Phi) is 4.17. The van der Waals surface area contributed by atoms with E-state index in [2.05, 4.69) is 5.18 Å². The maximum atomic E-state index is 10.7. The third-order valence-corrected chi connectivity index (χ3v) is 2.64. The monoisotopic (exact) mass is 238 g/mol. The number of carbonyl (C=O) groups is 1. The van der Waals surface area contributed by atoms with Crippen LogP contribution >= 0.6 is 0 Å². The second-order valence-corrected chi connectivity index (χ2v) is 3.91. The number of rotatable bonds is 5. The summed E-state index contributed by atoms with van der Waals surface area (Å²) in [4.78, 5) is 21.0. The number of carboxylic acids is 1. The summed E-state index contributed by atoms with van der Waals surface area (Å²) in [7, 11) is 0. The van der Waals surface area contributed by atoms with Gasteiger partial charge in [-0.05, 0) is 29.3 Å². The van der Waals surface area contributed by atoms with E-state index in [1.807, 2.05) is 0 Å². The van der Waals surface area contributed by atoms with E-state index >= 15 is 0 Å². The van der Waals surface area contributed by atoms with Crippen molar-refractivity contribution in [3.8, 4) is 5.75 Å². The minimum Gasteiger partial charge on any atom is -0.506 e. The first-order chi connectivity index (χ1) is 7.95. The standard InChI is InChI=1S/C11H14N2O4/c1-6(11(15)16)8(12)4-7-2-3-9(13-17)10(14)5-7/h2-3,5-6,8,14H,4,12H2,1H3,(H,15,16)/t6?,8-/m0/s1. The molecule has 0 fully saturated rings. The molecule has 0 aromatic heterocycles. The van der Waals surface area contributed by atoms with Gasteiger partial charge in [0, 0.05) is 6.04 Å². The maximum Gasteiger partial charge on any atom is 0.307 e. The van der Waals surface area contributed by atoms with Gasteiger partial charge in [-0.25, -0.2) is 0 Å². The molecule has 1 rings (SSSR count). The molecule has 17 heavy (non-hydrogen) atoms. The second kappa shape index (κ2) is 5.40. The van der Waals surface area contributed by atoms with Gasteiger partial charge >= 0.3 is 5.97 Å². The summed E-state index contributed by atoms with van der Waals surface area (Å²) in [6.45, 7) is 1.52. The fourth-order valence-corrected chi connectivity index (χ4v) is 1.41. The molecular weight excluding hydrogens is 224 g/mol. The van der Waals surface area contributed by atoms with E-state index < -0.39 is 17.9 Å². The Morgan fingerprint density at radius 2 is 2.18 bits per heavy atom. The molecule has 0 aliphatic rings. The lowest BCUT2D eigenvalue weighted by Crippen LogP contribution is -2.35. The molecule has 0 amide bonds. The first-order valence-electron chi connectivity index (χ1n) is 5.09. The number of carboxylic acid groups (broad SMARTS) is 1. The van der Waals surface area contributed by atoms with Crippen LogP contribution in [0.2, 0.25) is 0 Å². The number of nitroso groups, excluding NO2 is 1. The quantitative estimate of drug-likeness (QED) is 0.670. The van der Waals surface area contributed by atoms with E-state index in [1.165, 1.54) is 19.1 Å². The topological polar surface area (TPSA) is 113 Å². The molecule has 0 heterocycles. The summed E-state index contributed by atoms with van der Waals surface area (Å²) in [6.07, 6.45) is 0.306. The molecule has 0 aliphatic heterocycles. The number of nitrogens with two attached hydrogens (primary N) is 1. The van der Waals surface area contributed by atoms with Gasteiger partial charge in [-0.2, -0.15) is 0 Å².